The van der Waals surface area contributed by atoms with Crippen LogP contribution in [0, 0.1) is 6.92 Å². The summed E-state index contributed by atoms with van der Waals surface area (Å²) in [4.78, 5) is 29.6. The number of hydrogen-bond donors (Lipinski definition) is 1. The molecule has 1 heterocycles. The van der Waals surface area contributed by atoms with Crippen LogP contribution in [0.15, 0.2) is 52.5 Å². The molecule has 6 heteroatoms. The molecule has 3 rings (SSSR count). The predicted molar refractivity (Wildman–Crippen MR) is 128 cm³/mol. The van der Waals surface area contributed by atoms with E-state index in [-0.39, 0.29) is 11.3 Å². The normalized spacial score (nSPS) is 18.0. The summed E-state index contributed by atoms with van der Waals surface area (Å²) >= 11 is 3.46. The van der Waals surface area contributed by atoms with E-state index in [1.165, 1.54) is 0 Å². The van der Waals surface area contributed by atoms with Gasteiger partial charge in [-0.05, 0) is 48.7 Å². The zero-order chi connectivity index (χ0) is 22.7. The van der Waals surface area contributed by atoms with E-state index in [2.05, 4.69) is 22.9 Å². The van der Waals surface area contributed by atoms with Crippen molar-refractivity contribution in [1.82, 2.24) is 4.90 Å². The Morgan fingerprint density at radius 3 is 2.35 bits per heavy atom. The molecule has 1 saturated heterocycles. The van der Waals surface area contributed by atoms with E-state index >= 15 is 0 Å². The molecule has 1 aliphatic rings. The number of amides is 1. The van der Waals surface area contributed by atoms with Crippen LogP contribution in [0.1, 0.15) is 48.9 Å². The number of rotatable bonds is 7. The Morgan fingerprint density at radius 2 is 1.77 bits per heavy atom. The third-order valence-electron chi connectivity index (χ3n) is 5.70. The van der Waals surface area contributed by atoms with Gasteiger partial charge in [0.1, 0.15) is 5.76 Å². The molecule has 0 spiro atoms. The molecule has 0 radical (unpaired) electrons. The molecule has 31 heavy (non-hydrogen) atoms. The minimum absolute atomic E-state index is 0.131. The number of Topliss-reactive ketones (excluding diaryl/α,β-unsaturated/α-hetero) is 1. The summed E-state index contributed by atoms with van der Waals surface area (Å²) in [6.45, 7) is 4.50. The molecule has 1 atom stereocenters. The minimum atomic E-state index is -0.628. The van der Waals surface area contributed by atoms with E-state index in [1.807, 2.05) is 62.3 Å². The maximum absolute atomic E-state index is 13.0. The Hall–Kier alpha value is -2.60. The molecule has 1 fully saturated rings. The van der Waals surface area contributed by atoms with Gasteiger partial charge in [0, 0.05) is 36.4 Å². The molecule has 5 nitrogen and oxygen atoms in total. The van der Waals surface area contributed by atoms with Gasteiger partial charge in [0.2, 0.25) is 0 Å². The van der Waals surface area contributed by atoms with Crippen molar-refractivity contribution in [3.05, 3.63) is 69.2 Å². The highest BCUT2D eigenvalue weighted by Crippen LogP contribution is 2.40. The lowest BCUT2D eigenvalue weighted by Gasteiger charge is -2.26. The van der Waals surface area contributed by atoms with Crippen LogP contribution in [-0.2, 0) is 9.59 Å². The number of carbonyl (C=O) groups is 2. The van der Waals surface area contributed by atoms with Crippen LogP contribution in [0.25, 0.3) is 5.76 Å². The van der Waals surface area contributed by atoms with Crippen LogP contribution in [-0.4, -0.2) is 42.3 Å². The number of unbranched alkanes of at least 4 members (excludes halogenated alkanes) is 2. The predicted octanol–water partition coefficient (Wildman–Crippen LogP) is 5.44. The van der Waals surface area contributed by atoms with E-state index in [9.17, 15) is 14.7 Å². The standard InChI is InChI=1S/C25H29BrN2O3/c1-5-6-7-14-28-22(17-8-11-19(12-9-17)27(3)4)21(24(30)25(28)31)23(29)18-10-13-20(26)16(2)15-18/h8-13,15,22,29H,5-7,14H2,1-4H3/b23-21-. The molecule has 2 aromatic rings. The summed E-state index contributed by atoms with van der Waals surface area (Å²) in [5.74, 6) is -1.31. The number of aliphatic hydroxyl groups is 1. The molecular formula is C25H29BrN2O3. The lowest BCUT2D eigenvalue weighted by Crippen LogP contribution is -2.30. The summed E-state index contributed by atoms with van der Waals surface area (Å²) in [5.41, 5.74) is 3.46. The van der Waals surface area contributed by atoms with Crippen molar-refractivity contribution in [3.63, 3.8) is 0 Å². The van der Waals surface area contributed by atoms with Gasteiger partial charge in [0.05, 0.1) is 11.6 Å². The quantitative estimate of drug-likeness (QED) is 0.246. The summed E-state index contributed by atoms with van der Waals surface area (Å²) < 4.78 is 0.917. The first-order valence-electron chi connectivity index (χ1n) is 10.6. The van der Waals surface area contributed by atoms with E-state index in [0.29, 0.717) is 12.1 Å². The molecular weight excluding hydrogens is 456 g/mol. The van der Waals surface area contributed by atoms with Gasteiger partial charge >= 0.3 is 0 Å². The van der Waals surface area contributed by atoms with Crippen LogP contribution in [0.5, 0.6) is 0 Å². The van der Waals surface area contributed by atoms with Gasteiger partial charge < -0.3 is 14.9 Å². The molecule has 2 aromatic carbocycles. The molecule has 1 aliphatic heterocycles. The van der Waals surface area contributed by atoms with Gasteiger partial charge in [-0.3, -0.25) is 9.59 Å². The highest BCUT2D eigenvalue weighted by Gasteiger charge is 2.45. The molecule has 0 bridgehead atoms. The second-order valence-electron chi connectivity index (χ2n) is 8.15. The highest BCUT2D eigenvalue weighted by atomic mass is 79.9. The Morgan fingerprint density at radius 1 is 1.10 bits per heavy atom. The fourth-order valence-corrected chi connectivity index (χ4v) is 4.14. The van der Waals surface area contributed by atoms with Gasteiger partial charge in [-0.15, -0.1) is 0 Å². The second-order valence-corrected chi connectivity index (χ2v) is 9.00. The average molecular weight is 485 g/mol. The molecule has 0 saturated carbocycles. The first-order valence-corrected chi connectivity index (χ1v) is 11.4. The van der Waals surface area contributed by atoms with Gasteiger partial charge in [-0.25, -0.2) is 0 Å². The van der Waals surface area contributed by atoms with Crippen molar-refractivity contribution in [2.24, 2.45) is 0 Å². The smallest absolute Gasteiger partial charge is 0.295 e. The average Bonchev–Trinajstić information content (AvgIpc) is 3.00. The maximum atomic E-state index is 13.0. The van der Waals surface area contributed by atoms with Gasteiger partial charge in [-0.1, -0.05) is 53.9 Å². The van der Waals surface area contributed by atoms with E-state index < -0.39 is 17.7 Å². The SMILES string of the molecule is CCCCCN1C(=O)C(=O)/C(=C(\O)c2ccc(Br)c(C)c2)C1c1ccc(N(C)C)cc1. The Labute approximate surface area is 192 Å². The van der Waals surface area contributed by atoms with Gasteiger partial charge in [0.25, 0.3) is 11.7 Å². The number of aryl methyl sites for hydroxylation is 1. The van der Waals surface area contributed by atoms with Crippen LogP contribution >= 0.6 is 15.9 Å². The van der Waals surface area contributed by atoms with E-state index in [4.69, 9.17) is 0 Å². The summed E-state index contributed by atoms with van der Waals surface area (Å²) in [6.07, 6.45) is 2.80. The van der Waals surface area contributed by atoms with Gasteiger partial charge in [-0.2, -0.15) is 0 Å². The van der Waals surface area contributed by atoms with Crippen molar-refractivity contribution in [1.29, 1.82) is 0 Å². The number of nitrogens with zero attached hydrogens (tertiary/aromatic N) is 2. The number of anilines is 1. The number of aliphatic hydroxyl groups excluding tert-OH is 1. The van der Waals surface area contributed by atoms with Crippen LogP contribution in [0.4, 0.5) is 5.69 Å². The van der Waals surface area contributed by atoms with Crippen LogP contribution in [0.3, 0.4) is 0 Å². The first kappa shape index (κ1) is 23.1. The third-order valence-corrected chi connectivity index (χ3v) is 6.59. The minimum Gasteiger partial charge on any atom is -0.507 e. The maximum Gasteiger partial charge on any atom is 0.295 e. The summed E-state index contributed by atoms with van der Waals surface area (Å²) in [6, 6.07) is 12.6. The highest BCUT2D eigenvalue weighted by molar-refractivity contribution is 9.10. The molecule has 1 N–H and O–H groups in total. The topological polar surface area (TPSA) is 60.9 Å². The third kappa shape index (κ3) is 4.69. The van der Waals surface area contributed by atoms with Crippen molar-refractivity contribution >= 4 is 39.1 Å². The molecule has 0 aromatic heterocycles. The number of likely N-dealkylation sites (tertiary alicyclic amines) is 1. The monoisotopic (exact) mass is 484 g/mol. The second kappa shape index (κ2) is 9.69. The van der Waals surface area contributed by atoms with Crippen molar-refractivity contribution < 1.29 is 14.7 Å². The summed E-state index contributed by atoms with van der Waals surface area (Å²) in [7, 11) is 3.92. The fraction of sp³-hybridized carbons (Fsp3) is 0.360. The molecule has 1 unspecified atom stereocenters. The lowest BCUT2D eigenvalue weighted by molar-refractivity contribution is -0.139. The van der Waals surface area contributed by atoms with Crippen molar-refractivity contribution in [2.75, 3.05) is 25.5 Å². The Bertz CT molecular complexity index is 1010. The molecule has 0 aliphatic carbocycles. The molecule has 164 valence electrons. The van der Waals surface area contributed by atoms with Crippen LogP contribution in [0.2, 0.25) is 0 Å². The lowest BCUT2D eigenvalue weighted by atomic mass is 9.94. The van der Waals surface area contributed by atoms with Crippen LogP contribution < -0.4 is 4.90 Å². The molecule has 1 amide bonds. The fourth-order valence-electron chi connectivity index (χ4n) is 3.89. The number of halogens is 1. The van der Waals surface area contributed by atoms with Crippen molar-refractivity contribution in [3.8, 4) is 0 Å². The first-order chi connectivity index (χ1) is 14.8. The number of carbonyl (C=O) groups excluding carboxylic acids is 2. The number of hydrogen-bond acceptors (Lipinski definition) is 4. The van der Waals surface area contributed by atoms with E-state index in [1.54, 1.807) is 11.0 Å². The Kier molecular flexibility index (Phi) is 7.21. The number of benzene rings is 2. The Balaban J connectivity index is 2.12. The van der Waals surface area contributed by atoms with Crippen molar-refractivity contribution in [2.45, 2.75) is 39.2 Å². The zero-order valence-electron chi connectivity index (χ0n) is 18.5. The van der Waals surface area contributed by atoms with Gasteiger partial charge in [0.15, 0.2) is 0 Å². The summed E-state index contributed by atoms with van der Waals surface area (Å²) in [5, 5.41) is 11.1. The zero-order valence-corrected chi connectivity index (χ0v) is 20.1. The largest absolute Gasteiger partial charge is 0.507 e. The number of ketones is 1. The van der Waals surface area contributed by atoms with E-state index in [0.717, 1.165) is 40.5 Å².